The van der Waals surface area contributed by atoms with Crippen molar-refractivity contribution in [3.8, 4) is 11.5 Å². The molecule has 32 heavy (non-hydrogen) atoms. The van der Waals surface area contributed by atoms with E-state index in [-0.39, 0.29) is 22.9 Å². The minimum atomic E-state index is -1.01. The quantitative estimate of drug-likeness (QED) is 0.321. The molecule has 0 fully saturated rings. The maximum absolute atomic E-state index is 12.6. The first kappa shape index (κ1) is 27.3. The van der Waals surface area contributed by atoms with Crippen LogP contribution < -0.4 is 14.8 Å². The van der Waals surface area contributed by atoms with Crippen LogP contribution in [0.25, 0.3) is 0 Å². The lowest BCUT2D eigenvalue weighted by Gasteiger charge is -2.26. The fraction of sp³-hybridized carbons (Fsp3) is 0.619. The number of nitrogens with one attached hydrogen (secondary N) is 1. The van der Waals surface area contributed by atoms with Gasteiger partial charge in [0.1, 0.15) is 17.2 Å². The Labute approximate surface area is 192 Å². The number of hydrogen-bond donors (Lipinski definition) is 1. The summed E-state index contributed by atoms with van der Waals surface area (Å²) in [6, 6.07) is 1.81. The summed E-state index contributed by atoms with van der Waals surface area (Å²) in [7, 11) is 2.83. The number of thioether (sulfide) groups is 1. The molecule has 1 unspecified atom stereocenters. The lowest BCUT2D eigenvalue weighted by Crippen LogP contribution is -2.47. The molecular weight excluding hydrogens is 440 g/mol. The van der Waals surface area contributed by atoms with E-state index in [1.54, 1.807) is 41.5 Å². The van der Waals surface area contributed by atoms with E-state index in [0.717, 1.165) is 0 Å². The van der Waals surface area contributed by atoms with Gasteiger partial charge in [0.25, 0.3) is 5.69 Å². The van der Waals surface area contributed by atoms with Gasteiger partial charge in [-0.3, -0.25) is 10.1 Å². The Balaban J connectivity index is 3.01. The van der Waals surface area contributed by atoms with Gasteiger partial charge in [-0.15, -0.1) is 0 Å². The average Bonchev–Trinajstić information content (AvgIpc) is 2.63. The van der Waals surface area contributed by atoms with Crippen molar-refractivity contribution in [3.05, 3.63) is 27.8 Å². The van der Waals surface area contributed by atoms with Gasteiger partial charge in [-0.05, 0) is 47.6 Å². The van der Waals surface area contributed by atoms with Crippen LogP contribution in [0.4, 0.5) is 10.5 Å². The van der Waals surface area contributed by atoms with E-state index in [1.165, 1.54) is 38.1 Å². The third-order valence-corrected chi connectivity index (χ3v) is 4.79. The summed E-state index contributed by atoms with van der Waals surface area (Å²) < 4.78 is 21.0. The van der Waals surface area contributed by atoms with Crippen molar-refractivity contribution in [2.45, 2.75) is 64.5 Å². The third-order valence-electron chi connectivity index (χ3n) is 3.71. The molecule has 0 spiro atoms. The number of nitrogens with zero attached hydrogens (tertiary/aromatic N) is 1. The Hall–Kier alpha value is -2.69. The van der Waals surface area contributed by atoms with Gasteiger partial charge in [0.05, 0.1) is 25.2 Å². The highest BCUT2D eigenvalue weighted by atomic mass is 32.2. The van der Waals surface area contributed by atoms with Gasteiger partial charge in [0, 0.05) is 17.1 Å². The molecule has 0 radical (unpaired) electrons. The Kier molecular flexibility index (Phi) is 9.62. The molecule has 1 aromatic rings. The van der Waals surface area contributed by atoms with Gasteiger partial charge in [0.2, 0.25) is 0 Å². The average molecular weight is 473 g/mol. The maximum atomic E-state index is 12.6. The number of amides is 1. The number of esters is 1. The van der Waals surface area contributed by atoms with Crippen LogP contribution in [-0.2, 0) is 20.0 Å². The molecular formula is C21H32N2O8S. The SMILES string of the molecule is COc1cc(CSCC(NC(=O)OC(C)(C)C)C(=O)OC(C)(C)C)c([N+](=O)[O-])cc1OC. The molecule has 0 aliphatic carbocycles. The van der Waals surface area contributed by atoms with Crippen molar-refractivity contribution >= 4 is 29.5 Å². The molecule has 10 nitrogen and oxygen atoms in total. The topological polar surface area (TPSA) is 126 Å². The molecule has 11 heteroatoms. The molecule has 180 valence electrons. The fourth-order valence-corrected chi connectivity index (χ4v) is 3.50. The summed E-state index contributed by atoms with van der Waals surface area (Å²) in [6.07, 6.45) is -0.758. The Morgan fingerprint density at radius 1 is 1.03 bits per heavy atom. The van der Waals surface area contributed by atoms with E-state index in [0.29, 0.717) is 11.3 Å². The second kappa shape index (κ2) is 11.3. The molecule has 0 aromatic heterocycles. The zero-order valence-electron chi connectivity index (χ0n) is 19.8. The summed E-state index contributed by atoms with van der Waals surface area (Å²) in [6.45, 7) is 10.3. The molecule has 0 saturated heterocycles. The summed E-state index contributed by atoms with van der Waals surface area (Å²) in [5, 5.41) is 14.0. The first-order chi connectivity index (χ1) is 14.7. The summed E-state index contributed by atoms with van der Waals surface area (Å²) in [4.78, 5) is 35.8. The van der Waals surface area contributed by atoms with Crippen molar-refractivity contribution in [1.82, 2.24) is 5.32 Å². The number of rotatable bonds is 9. The zero-order chi connectivity index (χ0) is 24.7. The summed E-state index contributed by atoms with van der Waals surface area (Å²) in [5.74, 6) is 0.263. The second-order valence-electron chi connectivity index (χ2n) is 8.84. The van der Waals surface area contributed by atoms with E-state index in [4.69, 9.17) is 18.9 Å². The monoisotopic (exact) mass is 472 g/mol. The zero-order valence-corrected chi connectivity index (χ0v) is 20.6. The van der Waals surface area contributed by atoms with Crippen LogP contribution in [0.2, 0.25) is 0 Å². The van der Waals surface area contributed by atoms with Crippen LogP contribution in [0.15, 0.2) is 12.1 Å². The van der Waals surface area contributed by atoms with E-state index < -0.39 is 34.2 Å². The molecule has 1 aromatic carbocycles. The molecule has 1 rings (SSSR count). The van der Waals surface area contributed by atoms with E-state index in [2.05, 4.69) is 5.32 Å². The predicted octanol–water partition coefficient (Wildman–Crippen LogP) is 4.08. The Morgan fingerprint density at radius 2 is 1.56 bits per heavy atom. The highest BCUT2D eigenvalue weighted by molar-refractivity contribution is 7.98. The van der Waals surface area contributed by atoms with E-state index in [1.807, 2.05) is 0 Å². The molecule has 1 atom stereocenters. The second-order valence-corrected chi connectivity index (χ2v) is 9.87. The number of alkyl carbamates (subject to hydrolysis) is 1. The van der Waals surface area contributed by atoms with Gasteiger partial charge in [-0.25, -0.2) is 9.59 Å². The van der Waals surface area contributed by atoms with Crippen molar-refractivity contribution in [2.24, 2.45) is 0 Å². The normalized spacial score (nSPS) is 12.5. The van der Waals surface area contributed by atoms with Crippen molar-refractivity contribution in [2.75, 3.05) is 20.0 Å². The highest BCUT2D eigenvalue weighted by Crippen LogP contribution is 2.36. The van der Waals surface area contributed by atoms with Crippen LogP contribution in [0, 0.1) is 10.1 Å². The lowest BCUT2D eigenvalue weighted by molar-refractivity contribution is -0.385. The van der Waals surface area contributed by atoms with Crippen molar-refractivity contribution < 1.29 is 33.5 Å². The maximum Gasteiger partial charge on any atom is 0.408 e. The largest absolute Gasteiger partial charge is 0.493 e. The van der Waals surface area contributed by atoms with Crippen molar-refractivity contribution in [1.29, 1.82) is 0 Å². The van der Waals surface area contributed by atoms with Crippen molar-refractivity contribution in [3.63, 3.8) is 0 Å². The molecule has 1 amide bonds. The summed E-state index contributed by atoms with van der Waals surface area (Å²) >= 11 is 1.22. The molecule has 0 heterocycles. The standard InChI is InChI=1S/C21H32N2O8S/c1-20(2,3)30-18(24)14(22-19(25)31-21(4,5)6)12-32-11-13-9-16(28-7)17(29-8)10-15(13)23(26)27/h9-10,14H,11-12H2,1-8H3,(H,22,25). The van der Waals surface area contributed by atoms with Crippen LogP contribution in [0.1, 0.15) is 47.1 Å². The Bertz CT molecular complexity index is 830. The molecule has 1 N–H and O–H groups in total. The minimum Gasteiger partial charge on any atom is -0.493 e. The van der Waals surface area contributed by atoms with Gasteiger partial charge in [0.15, 0.2) is 11.5 Å². The van der Waals surface area contributed by atoms with Crippen LogP contribution in [0.3, 0.4) is 0 Å². The number of ether oxygens (including phenoxy) is 4. The number of hydrogen-bond acceptors (Lipinski definition) is 9. The van der Waals surface area contributed by atoms with Crippen LogP contribution in [0.5, 0.6) is 11.5 Å². The number of nitro groups is 1. The smallest absolute Gasteiger partial charge is 0.408 e. The number of benzene rings is 1. The predicted molar refractivity (Wildman–Crippen MR) is 121 cm³/mol. The molecule has 0 bridgehead atoms. The number of methoxy groups -OCH3 is 2. The minimum absolute atomic E-state index is 0.111. The summed E-state index contributed by atoms with van der Waals surface area (Å²) in [5.41, 5.74) is -1.24. The van der Waals surface area contributed by atoms with Gasteiger partial charge in [-0.1, -0.05) is 0 Å². The van der Waals surface area contributed by atoms with E-state index >= 15 is 0 Å². The van der Waals surface area contributed by atoms with Gasteiger partial charge < -0.3 is 24.3 Å². The molecule has 0 aliphatic rings. The van der Waals surface area contributed by atoms with Gasteiger partial charge in [-0.2, -0.15) is 11.8 Å². The fourth-order valence-electron chi connectivity index (χ4n) is 2.47. The third kappa shape index (κ3) is 9.21. The van der Waals surface area contributed by atoms with E-state index in [9.17, 15) is 19.7 Å². The molecule has 0 aliphatic heterocycles. The highest BCUT2D eigenvalue weighted by Gasteiger charge is 2.29. The first-order valence-corrected chi connectivity index (χ1v) is 11.0. The van der Waals surface area contributed by atoms with Crippen LogP contribution in [-0.4, -0.2) is 54.2 Å². The van der Waals surface area contributed by atoms with Gasteiger partial charge >= 0.3 is 12.1 Å². The first-order valence-electron chi connectivity index (χ1n) is 9.86. The Morgan fingerprint density at radius 3 is 2.03 bits per heavy atom. The number of carbonyl (C=O) groups excluding carboxylic acids is 2. The number of carbonyl (C=O) groups is 2. The van der Waals surface area contributed by atoms with Crippen LogP contribution >= 0.6 is 11.8 Å². The number of nitro benzene ring substituents is 1. The molecule has 0 saturated carbocycles. The lowest BCUT2D eigenvalue weighted by atomic mass is 10.2.